The largest absolute Gasteiger partial charge is 0.495 e. The van der Waals surface area contributed by atoms with Crippen LogP contribution in [0.15, 0.2) is 23.1 Å². The number of carbonyl (C=O) groups excluding carboxylic acids is 2. The molecule has 138 valence electrons. The van der Waals surface area contributed by atoms with Crippen LogP contribution in [0.4, 0.5) is 5.69 Å². The number of anilines is 1. The molecule has 9 heteroatoms. The van der Waals surface area contributed by atoms with Gasteiger partial charge in [0, 0.05) is 45.7 Å². The highest BCUT2D eigenvalue weighted by Crippen LogP contribution is 2.30. The zero-order chi connectivity index (χ0) is 18.6. The van der Waals surface area contributed by atoms with E-state index in [4.69, 9.17) is 4.74 Å². The van der Waals surface area contributed by atoms with Gasteiger partial charge >= 0.3 is 0 Å². The minimum atomic E-state index is -3.82. The first-order valence-corrected chi connectivity index (χ1v) is 9.41. The summed E-state index contributed by atoms with van der Waals surface area (Å²) in [6.07, 6.45) is 0.562. The molecule has 2 amide bonds. The van der Waals surface area contributed by atoms with Gasteiger partial charge in [-0.25, -0.2) is 8.42 Å². The van der Waals surface area contributed by atoms with E-state index < -0.39 is 10.0 Å². The molecule has 1 heterocycles. The predicted octanol–water partition coefficient (Wildman–Crippen LogP) is 0.896. The van der Waals surface area contributed by atoms with Gasteiger partial charge in [0.05, 0.1) is 7.11 Å². The van der Waals surface area contributed by atoms with E-state index in [9.17, 15) is 18.0 Å². The molecule has 0 aliphatic carbocycles. The van der Waals surface area contributed by atoms with E-state index in [1.54, 1.807) is 11.0 Å². The minimum absolute atomic E-state index is 0.00229. The summed E-state index contributed by atoms with van der Waals surface area (Å²) in [6, 6.07) is 4.49. The summed E-state index contributed by atoms with van der Waals surface area (Å²) < 4.78 is 32.7. The average Bonchev–Trinajstić information content (AvgIpc) is 2.81. The van der Waals surface area contributed by atoms with Crippen molar-refractivity contribution in [3.05, 3.63) is 18.2 Å². The highest BCUT2D eigenvalue weighted by atomic mass is 32.2. The zero-order valence-electron chi connectivity index (χ0n) is 14.6. The van der Waals surface area contributed by atoms with E-state index in [2.05, 4.69) is 5.32 Å². The van der Waals surface area contributed by atoms with Crippen molar-refractivity contribution >= 4 is 27.5 Å². The molecule has 0 atom stereocenters. The molecule has 0 saturated carbocycles. The number of rotatable bonds is 4. The Morgan fingerprint density at radius 1 is 1.12 bits per heavy atom. The molecule has 1 N–H and O–H groups in total. The van der Waals surface area contributed by atoms with Gasteiger partial charge in [0.2, 0.25) is 21.8 Å². The second-order valence-electron chi connectivity index (χ2n) is 5.81. The van der Waals surface area contributed by atoms with Gasteiger partial charge in [0.25, 0.3) is 0 Å². The Morgan fingerprint density at radius 3 is 2.44 bits per heavy atom. The molecule has 0 spiro atoms. The molecular weight excluding hydrogens is 346 g/mol. The Labute approximate surface area is 147 Å². The summed E-state index contributed by atoms with van der Waals surface area (Å²) in [5, 5.41) is 2.58. The Balaban J connectivity index is 2.34. The van der Waals surface area contributed by atoms with Gasteiger partial charge in [0.1, 0.15) is 10.6 Å². The first-order valence-electron chi connectivity index (χ1n) is 7.97. The van der Waals surface area contributed by atoms with E-state index in [1.165, 1.54) is 37.4 Å². The standard InChI is InChI=1S/C16H23N3O5S/c1-12(20)17-14-5-6-15(24-3)16(11-14)25(22,23)19-8-4-7-18(9-10-19)13(2)21/h5-6,11H,4,7-10H2,1-3H3,(H,17,20). The Kier molecular flexibility index (Phi) is 6.02. The summed E-state index contributed by atoms with van der Waals surface area (Å²) in [5.41, 5.74) is 0.382. The van der Waals surface area contributed by atoms with Crippen LogP contribution in [-0.4, -0.2) is 62.7 Å². The van der Waals surface area contributed by atoms with Crippen molar-refractivity contribution in [2.24, 2.45) is 0 Å². The second-order valence-corrected chi connectivity index (χ2v) is 7.72. The van der Waals surface area contributed by atoms with Crippen molar-refractivity contribution in [2.45, 2.75) is 25.2 Å². The molecule has 0 bridgehead atoms. The number of carbonyl (C=O) groups is 2. The normalized spacial score (nSPS) is 16.2. The molecule has 1 aromatic rings. The lowest BCUT2D eigenvalue weighted by atomic mass is 10.3. The fourth-order valence-corrected chi connectivity index (χ4v) is 4.40. The van der Waals surface area contributed by atoms with Crippen molar-refractivity contribution in [1.82, 2.24) is 9.21 Å². The van der Waals surface area contributed by atoms with Crippen LogP contribution in [0, 0.1) is 0 Å². The fourth-order valence-electron chi connectivity index (χ4n) is 2.75. The van der Waals surface area contributed by atoms with Gasteiger partial charge < -0.3 is 15.0 Å². The maximum atomic E-state index is 13.1. The lowest BCUT2D eigenvalue weighted by molar-refractivity contribution is -0.128. The first kappa shape index (κ1) is 19.2. The fraction of sp³-hybridized carbons (Fsp3) is 0.500. The summed E-state index contributed by atoms with van der Waals surface area (Å²) in [4.78, 5) is 24.4. The van der Waals surface area contributed by atoms with Crippen molar-refractivity contribution in [3.63, 3.8) is 0 Å². The second kappa shape index (κ2) is 7.83. The number of sulfonamides is 1. The topological polar surface area (TPSA) is 96.0 Å². The van der Waals surface area contributed by atoms with Gasteiger partial charge in [-0.15, -0.1) is 0 Å². The van der Waals surface area contributed by atoms with E-state index in [0.29, 0.717) is 31.7 Å². The number of hydrogen-bond donors (Lipinski definition) is 1. The third-order valence-corrected chi connectivity index (χ3v) is 5.92. The number of ether oxygens (including phenoxy) is 1. The minimum Gasteiger partial charge on any atom is -0.495 e. The van der Waals surface area contributed by atoms with Crippen molar-refractivity contribution in [1.29, 1.82) is 0 Å². The Bertz CT molecular complexity index is 763. The molecule has 1 aliphatic heterocycles. The van der Waals surface area contributed by atoms with Crippen LogP contribution in [0.25, 0.3) is 0 Å². The lowest BCUT2D eigenvalue weighted by Gasteiger charge is -2.22. The summed E-state index contributed by atoms with van der Waals surface area (Å²) in [5.74, 6) is -0.147. The molecular formula is C16H23N3O5S. The molecule has 2 rings (SSSR count). The molecule has 25 heavy (non-hydrogen) atoms. The van der Waals surface area contributed by atoms with E-state index in [-0.39, 0.29) is 29.0 Å². The van der Waals surface area contributed by atoms with Crippen LogP contribution in [0.2, 0.25) is 0 Å². The van der Waals surface area contributed by atoms with Gasteiger partial charge in [-0.2, -0.15) is 4.31 Å². The van der Waals surface area contributed by atoms with Gasteiger partial charge in [-0.1, -0.05) is 0 Å². The summed E-state index contributed by atoms with van der Waals surface area (Å²) in [6.45, 7) is 4.25. The third-order valence-electron chi connectivity index (χ3n) is 4.00. The highest BCUT2D eigenvalue weighted by Gasteiger charge is 2.30. The van der Waals surface area contributed by atoms with Crippen LogP contribution in [0.1, 0.15) is 20.3 Å². The quantitative estimate of drug-likeness (QED) is 0.851. The SMILES string of the molecule is COc1ccc(NC(C)=O)cc1S(=O)(=O)N1CCCN(C(C)=O)CC1. The summed E-state index contributed by atoms with van der Waals surface area (Å²) >= 11 is 0. The van der Waals surface area contributed by atoms with Crippen molar-refractivity contribution in [2.75, 3.05) is 38.6 Å². The molecule has 0 radical (unpaired) electrons. The molecule has 1 fully saturated rings. The lowest BCUT2D eigenvalue weighted by Crippen LogP contribution is -2.36. The van der Waals surface area contributed by atoms with Crippen LogP contribution in [-0.2, 0) is 19.6 Å². The number of methoxy groups -OCH3 is 1. The van der Waals surface area contributed by atoms with Crippen LogP contribution in [0.3, 0.4) is 0 Å². The number of nitrogens with one attached hydrogen (secondary N) is 1. The first-order chi connectivity index (χ1) is 11.8. The zero-order valence-corrected chi connectivity index (χ0v) is 15.4. The molecule has 0 aromatic heterocycles. The van der Waals surface area contributed by atoms with Gasteiger partial charge in [0.15, 0.2) is 0 Å². The number of nitrogens with zero attached hydrogens (tertiary/aromatic N) is 2. The monoisotopic (exact) mass is 369 g/mol. The van der Waals surface area contributed by atoms with Gasteiger partial charge in [-0.05, 0) is 24.6 Å². The molecule has 1 saturated heterocycles. The Morgan fingerprint density at radius 2 is 1.84 bits per heavy atom. The van der Waals surface area contributed by atoms with E-state index >= 15 is 0 Å². The molecule has 1 aromatic carbocycles. The smallest absolute Gasteiger partial charge is 0.246 e. The van der Waals surface area contributed by atoms with Crippen molar-refractivity contribution in [3.8, 4) is 5.75 Å². The molecule has 0 unspecified atom stereocenters. The third kappa shape index (κ3) is 4.49. The molecule has 1 aliphatic rings. The van der Waals surface area contributed by atoms with E-state index in [0.717, 1.165) is 0 Å². The number of hydrogen-bond acceptors (Lipinski definition) is 5. The van der Waals surface area contributed by atoms with Crippen LogP contribution < -0.4 is 10.1 Å². The predicted molar refractivity (Wildman–Crippen MR) is 92.9 cm³/mol. The van der Waals surface area contributed by atoms with Crippen LogP contribution >= 0.6 is 0 Å². The maximum absolute atomic E-state index is 13.1. The van der Waals surface area contributed by atoms with Crippen LogP contribution in [0.5, 0.6) is 5.75 Å². The summed E-state index contributed by atoms with van der Waals surface area (Å²) in [7, 11) is -2.42. The van der Waals surface area contributed by atoms with Gasteiger partial charge in [-0.3, -0.25) is 9.59 Å². The maximum Gasteiger partial charge on any atom is 0.246 e. The average molecular weight is 369 g/mol. The number of benzene rings is 1. The van der Waals surface area contributed by atoms with E-state index in [1.807, 2.05) is 0 Å². The number of amides is 2. The Hall–Kier alpha value is -2.13. The highest BCUT2D eigenvalue weighted by molar-refractivity contribution is 7.89. The molecule has 8 nitrogen and oxygen atoms in total. The van der Waals surface area contributed by atoms with Crippen molar-refractivity contribution < 1.29 is 22.7 Å².